The first-order valence-corrected chi connectivity index (χ1v) is 10.1. The summed E-state index contributed by atoms with van der Waals surface area (Å²) in [6.07, 6.45) is -0.0696. The van der Waals surface area contributed by atoms with Gasteiger partial charge in [0, 0.05) is 35.7 Å². The van der Waals surface area contributed by atoms with Crippen LogP contribution in [0, 0.1) is 11.8 Å². The molecule has 3 heterocycles. The Balaban J connectivity index is 1.63. The Morgan fingerprint density at radius 1 is 1.46 bits per heavy atom. The van der Waals surface area contributed by atoms with Gasteiger partial charge in [0.15, 0.2) is 0 Å². The summed E-state index contributed by atoms with van der Waals surface area (Å²) >= 11 is 1.48. The first-order valence-electron chi connectivity index (χ1n) is 9.24. The number of aliphatic hydroxyl groups is 1. The molecule has 2 saturated heterocycles. The number of hydrogen-bond acceptors (Lipinski definition) is 7. The quantitative estimate of drug-likeness (QED) is 0.277. The largest absolute Gasteiger partial charge is 0.477 e. The van der Waals surface area contributed by atoms with E-state index in [2.05, 4.69) is 16.1 Å². The number of hydroxylamine groups is 1. The highest BCUT2D eigenvalue weighted by molar-refractivity contribution is 8.03. The average molecular weight is 414 g/mol. The van der Waals surface area contributed by atoms with E-state index in [9.17, 15) is 24.6 Å². The van der Waals surface area contributed by atoms with Crippen LogP contribution in [0.15, 0.2) is 10.6 Å². The van der Waals surface area contributed by atoms with Gasteiger partial charge < -0.3 is 25.7 Å². The van der Waals surface area contributed by atoms with E-state index in [4.69, 9.17) is 4.84 Å². The molecule has 3 aliphatic rings. The summed E-state index contributed by atoms with van der Waals surface area (Å²) in [4.78, 5) is 42.5. The summed E-state index contributed by atoms with van der Waals surface area (Å²) in [6, 6.07) is -0.697. The lowest BCUT2D eigenvalue weighted by Crippen LogP contribution is -2.63. The van der Waals surface area contributed by atoms with Gasteiger partial charge in [0.05, 0.1) is 24.7 Å². The lowest BCUT2D eigenvalue weighted by Gasteiger charge is -2.46. The molecule has 28 heavy (non-hydrogen) atoms. The minimum Gasteiger partial charge on any atom is -0.477 e. The molecule has 5 N–H and O–H groups in total. The predicted octanol–water partition coefficient (Wildman–Crippen LogP) is -0.536. The van der Waals surface area contributed by atoms with Crippen molar-refractivity contribution in [3.05, 3.63) is 10.6 Å². The number of nitrogens with zero attached hydrogens (tertiary/aromatic N) is 1. The van der Waals surface area contributed by atoms with Crippen LogP contribution >= 0.6 is 11.8 Å². The number of carbonyl (C=O) groups excluding carboxylic acids is 2. The summed E-state index contributed by atoms with van der Waals surface area (Å²) in [7, 11) is 1.49. The molecule has 3 amide bonds. The maximum atomic E-state index is 12.4. The Morgan fingerprint density at radius 3 is 2.79 bits per heavy atom. The molecule has 0 unspecified atom stereocenters. The van der Waals surface area contributed by atoms with E-state index in [1.165, 1.54) is 23.7 Å². The predicted molar refractivity (Wildman–Crippen MR) is 101 cm³/mol. The van der Waals surface area contributed by atoms with Crippen molar-refractivity contribution >= 4 is 29.7 Å². The number of amides is 3. The van der Waals surface area contributed by atoms with Crippen LogP contribution in [-0.2, 0) is 14.4 Å². The van der Waals surface area contributed by atoms with Gasteiger partial charge in [-0.1, -0.05) is 6.92 Å². The van der Waals surface area contributed by atoms with Crippen molar-refractivity contribution in [1.29, 1.82) is 0 Å². The first kappa shape index (κ1) is 20.9. The van der Waals surface area contributed by atoms with E-state index < -0.39 is 24.0 Å². The third kappa shape index (κ3) is 3.71. The number of carboxylic acid groups (broad SMARTS) is 1. The number of rotatable bonds is 7. The Kier molecular flexibility index (Phi) is 6.18. The van der Waals surface area contributed by atoms with Crippen molar-refractivity contribution in [3.63, 3.8) is 0 Å². The van der Waals surface area contributed by atoms with Crippen LogP contribution < -0.4 is 16.1 Å². The van der Waals surface area contributed by atoms with Crippen molar-refractivity contribution < 1.29 is 29.4 Å². The van der Waals surface area contributed by atoms with Crippen molar-refractivity contribution in [2.75, 3.05) is 20.2 Å². The number of carboxylic acids is 1. The van der Waals surface area contributed by atoms with Gasteiger partial charge in [-0.25, -0.2) is 15.1 Å². The number of β-lactam (4-membered cyclic amide) rings is 1. The number of fused-ring (bicyclic) bond motifs is 1. The lowest BCUT2D eigenvalue weighted by atomic mass is 9.79. The third-order valence-electron chi connectivity index (χ3n) is 5.46. The second kappa shape index (κ2) is 8.27. The Bertz CT molecular complexity index is 699. The number of urea groups is 1. The SMILES string of the molecule is CNC(=O)NOC[C@H]1C[C@@H](SC2=C(C(=O)O)N3C(=O)[C@H]([C@@H](C)O)[C@H]3[C@H]2C)CN1. The molecule has 6 atom stereocenters. The van der Waals surface area contributed by atoms with Crippen molar-refractivity contribution in [1.82, 2.24) is 21.0 Å². The Hall–Kier alpha value is -1.82. The minimum atomic E-state index is -1.12. The molecule has 0 spiro atoms. The van der Waals surface area contributed by atoms with Crippen LogP contribution in [0.3, 0.4) is 0 Å². The molecule has 0 aromatic rings. The maximum absolute atomic E-state index is 12.4. The standard InChI is InChI=1S/C17H26N4O6S/c1-7-12-11(8(2)22)15(23)21(12)13(16(24)25)14(7)28-10-4-9(19-5-10)6-27-20-17(26)18-3/h7-12,19,22H,4-6H2,1-3H3,(H,24,25)(H2,18,20,26)/t7-,8-,9-,10-,11-,12-/m1/s1. The van der Waals surface area contributed by atoms with Gasteiger partial charge in [-0.2, -0.15) is 0 Å². The minimum absolute atomic E-state index is 0.0316. The van der Waals surface area contributed by atoms with Gasteiger partial charge in [-0.15, -0.1) is 11.8 Å². The fraction of sp³-hybridized carbons (Fsp3) is 0.706. The smallest absolute Gasteiger partial charge is 0.353 e. The molecular weight excluding hydrogens is 388 g/mol. The van der Waals surface area contributed by atoms with Gasteiger partial charge >= 0.3 is 12.0 Å². The lowest BCUT2D eigenvalue weighted by molar-refractivity contribution is -0.163. The number of thioether (sulfide) groups is 1. The summed E-state index contributed by atoms with van der Waals surface area (Å²) in [6.45, 7) is 4.44. The number of aliphatic carboxylic acids is 1. The van der Waals surface area contributed by atoms with Crippen LogP contribution in [0.5, 0.6) is 0 Å². The van der Waals surface area contributed by atoms with Crippen LogP contribution in [0.25, 0.3) is 0 Å². The molecule has 10 nitrogen and oxygen atoms in total. The van der Waals surface area contributed by atoms with E-state index in [1.807, 2.05) is 6.92 Å². The van der Waals surface area contributed by atoms with Crippen molar-refractivity contribution in [3.8, 4) is 0 Å². The Labute approximate surface area is 167 Å². The molecule has 0 aromatic heterocycles. The van der Waals surface area contributed by atoms with Gasteiger partial charge in [0.25, 0.3) is 0 Å². The first-order chi connectivity index (χ1) is 13.3. The third-order valence-corrected chi connectivity index (χ3v) is 6.97. The van der Waals surface area contributed by atoms with Crippen molar-refractivity contribution in [2.24, 2.45) is 11.8 Å². The van der Waals surface area contributed by atoms with Crippen LogP contribution in [0.2, 0.25) is 0 Å². The molecule has 0 aromatic carbocycles. The molecule has 0 saturated carbocycles. The Morgan fingerprint density at radius 2 is 2.18 bits per heavy atom. The van der Waals surface area contributed by atoms with E-state index in [1.54, 1.807) is 6.92 Å². The molecule has 0 aliphatic carbocycles. The molecular formula is C17H26N4O6S. The molecule has 0 radical (unpaired) electrons. The zero-order valence-corrected chi connectivity index (χ0v) is 16.8. The molecule has 156 valence electrons. The molecule has 3 rings (SSSR count). The van der Waals surface area contributed by atoms with Crippen LogP contribution in [-0.4, -0.2) is 76.7 Å². The zero-order valence-electron chi connectivity index (χ0n) is 16.0. The van der Waals surface area contributed by atoms with Gasteiger partial charge in [-0.3, -0.25) is 9.63 Å². The second-order valence-corrected chi connectivity index (χ2v) is 8.69. The topological polar surface area (TPSA) is 140 Å². The van der Waals surface area contributed by atoms with E-state index >= 15 is 0 Å². The highest BCUT2D eigenvalue weighted by Crippen LogP contribution is 2.51. The molecule has 2 fully saturated rings. The van der Waals surface area contributed by atoms with Crippen LogP contribution in [0.1, 0.15) is 20.3 Å². The highest BCUT2D eigenvalue weighted by Gasteiger charge is 2.60. The number of nitrogens with one attached hydrogen (secondary N) is 3. The van der Waals surface area contributed by atoms with Gasteiger partial charge in [0.2, 0.25) is 5.91 Å². The fourth-order valence-electron chi connectivity index (χ4n) is 4.12. The molecule has 3 aliphatic heterocycles. The number of aliphatic hydroxyl groups excluding tert-OH is 1. The zero-order chi connectivity index (χ0) is 20.6. The highest BCUT2D eigenvalue weighted by atomic mass is 32.2. The monoisotopic (exact) mass is 414 g/mol. The average Bonchev–Trinajstić information content (AvgIpc) is 3.16. The summed E-state index contributed by atoms with van der Waals surface area (Å²) in [5.41, 5.74) is 2.31. The number of carbonyl (C=O) groups is 3. The fourth-order valence-corrected chi connectivity index (χ4v) is 5.63. The normalized spacial score (nSPS) is 32.8. The maximum Gasteiger partial charge on any atom is 0.353 e. The van der Waals surface area contributed by atoms with Gasteiger partial charge in [-0.05, 0) is 13.3 Å². The second-order valence-electron chi connectivity index (χ2n) is 7.34. The van der Waals surface area contributed by atoms with E-state index in [0.717, 1.165) is 6.42 Å². The van der Waals surface area contributed by atoms with Gasteiger partial charge in [0.1, 0.15) is 5.70 Å². The molecule has 0 bridgehead atoms. The molecule has 11 heteroatoms. The number of hydrogen-bond donors (Lipinski definition) is 5. The summed E-state index contributed by atoms with van der Waals surface area (Å²) in [5, 5.41) is 25.4. The van der Waals surface area contributed by atoms with Crippen LogP contribution in [0.4, 0.5) is 4.79 Å². The van der Waals surface area contributed by atoms with E-state index in [0.29, 0.717) is 18.1 Å². The summed E-state index contributed by atoms with van der Waals surface area (Å²) < 4.78 is 0. The summed E-state index contributed by atoms with van der Waals surface area (Å²) in [5.74, 6) is -2.13. The van der Waals surface area contributed by atoms with Crippen molar-refractivity contribution in [2.45, 2.75) is 43.7 Å². The van der Waals surface area contributed by atoms with E-state index in [-0.39, 0.29) is 34.9 Å².